The summed E-state index contributed by atoms with van der Waals surface area (Å²) in [6, 6.07) is 21.4. The first-order chi connectivity index (χ1) is 15.1. The van der Waals surface area contributed by atoms with E-state index in [4.69, 9.17) is 4.98 Å². The van der Waals surface area contributed by atoms with E-state index in [1.54, 1.807) is 33.9 Å². The minimum atomic E-state index is -0.0604. The molecule has 0 aliphatic heterocycles. The zero-order chi connectivity index (χ0) is 21.6. The molecule has 0 aliphatic carbocycles. The Morgan fingerprint density at radius 2 is 1.84 bits per heavy atom. The van der Waals surface area contributed by atoms with Crippen molar-refractivity contribution in [3.63, 3.8) is 0 Å². The summed E-state index contributed by atoms with van der Waals surface area (Å²) in [5, 5.41) is 3.22. The number of thiophene rings is 1. The van der Waals surface area contributed by atoms with E-state index in [1.807, 2.05) is 60.0 Å². The largest absolute Gasteiger partial charge is 0.341 e. The highest BCUT2D eigenvalue weighted by molar-refractivity contribution is 7.99. The fourth-order valence-corrected chi connectivity index (χ4v) is 4.98. The Kier molecular flexibility index (Phi) is 6.84. The van der Waals surface area contributed by atoms with Crippen LogP contribution in [0.1, 0.15) is 10.4 Å². The molecule has 0 N–H and O–H groups in total. The van der Waals surface area contributed by atoms with Gasteiger partial charge in [-0.05, 0) is 35.6 Å². The Hall–Kier alpha value is -2.90. The fourth-order valence-electron chi connectivity index (χ4n) is 3.31. The lowest BCUT2D eigenvalue weighted by Gasteiger charge is -2.18. The predicted octanol–water partition coefficient (Wildman–Crippen LogP) is 4.45. The molecular weight excluding hydrogens is 426 g/mol. The van der Waals surface area contributed by atoms with Crippen LogP contribution in [-0.4, -0.2) is 33.2 Å². The molecule has 5 nitrogen and oxygen atoms in total. The lowest BCUT2D eigenvalue weighted by Crippen LogP contribution is -2.29. The van der Waals surface area contributed by atoms with E-state index in [1.165, 1.54) is 16.6 Å². The Morgan fingerprint density at radius 3 is 2.61 bits per heavy atom. The van der Waals surface area contributed by atoms with Crippen LogP contribution in [0.5, 0.6) is 0 Å². The first kappa shape index (κ1) is 21.3. The summed E-state index contributed by atoms with van der Waals surface area (Å²) in [5.41, 5.74) is 1.68. The van der Waals surface area contributed by atoms with Gasteiger partial charge in [0.2, 0.25) is 5.91 Å². The first-order valence-electron chi connectivity index (χ1n) is 10.0. The summed E-state index contributed by atoms with van der Waals surface area (Å²) in [5.74, 6) is 0.230. The Bertz CT molecular complexity index is 1220. The molecule has 0 saturated carbocycles. The molecular formula is C24H23N3O2S2. The van der Waals surface area contributed by atoms with E-state index < -0.39 is 0 Å². The lowest BCUT2D eigenvalue weighted by atomic mass is 10.2. The third-order valence-electron chi connectivity index (χ3n) is 5.00. The number of thioether (sulfide) groups is 1. The molecule has 0 fully saturated rings. The van der Waals surface area contributed by atoms with Gasteiger partial charge in [0.1, 0.15) is 0 Å². The Balaban J connectivity index is 1.53. The Labute approximate surface area is 189 Å². The number of benzene rings is 2. The van der Waals surface area contributed by atoms with Crippen LogP contribution in [0.25, 0.3) is 10.9 Å². The summed E-state index contributed by atoms with van der Waals surface area (Å²) in [4.78, 5) is 33.5. The van der Waals surface area contributed by atoms with Gasteiger partial charge in [-0.3, -0.25) is 14.2 Å². The number of fused-ring (bicyclic) bond motifs is 1. The number of aromatic nitrogens is 2. The topological polar surface area (TPSA) is 55.2 Å². The number of hydrogen-bond donors (Lipinski definition) is 0. The summed E-state index contributed by atoms with van der Waals surface area (Å²) in [6.45, 7) is 1.09. The van der Waals surface area contributed by atoms with Crippen LogP contribution in [0.4, 0.5) is 0 Å². The van der Waals surface area contributed by atoms with E-state index in [9.17, 15) is 9.59 Å². The van der Waals surface area contributed by atoms with Gasteiger partial charge in [0.15, 0.2) is 5.16 Å². The van der Waals surface area contributed by atoms with E-state index >= 15 is 0 Å². The minimum absolute atomic E-state index is 0.000988. The minimum Gasteiger partial charge on any atom is -0.341 e. The van der Waals surface area contributed by atoms with Crippen molar-refractivity contribution in [3.8, 4) is 0 Å². The molecule has 31 heavy (non-hydrogen) atoms. The quantitative estimate of drug-likeness (QED) is 0.295. The zero-order valence-corrected chi connectivity index (χ0v) is 18.9. The van der Waals surface area contributed by atoms with Gasteiger partial charge < -0.3 is 4.90 Å². The fraction of sp³-hybridized carbons (Fsp3) is 0.208. The average molecular weight is 450 g/mol. The molecule has 0 bridgehead atoms. The highest BCUT2D eigenvalue weighted by Gasteiger charge is 2.15. The van der Waals surface area contributed by atoms with E-state index in [2.05, 4.69) is 6.07 Å². The van der Waals surface area contributed by atoms with Crippen LogP contribution < -0.4 is 5.56 Å². The SMILES string of the molecule is CN(Cc1ccccc1)C(=O)CSc1nc2ccccc2c(=O)n1CCc1cccs1. The normalized spacial score (nSPS) is 11.0. The van der Waals surface area contributed by atoms with Gasteiger partial charge in [-0.15, -0.1) is 11.3 Å². The van der Waals surface area contributed by atoms with Crippen molar-refractivity contribution in [1.29, 1.82) is 0 Å². The van der Waals surface area contributed by atoms with Crippen LogP contribution in [-0.2, 0) is 24.3 Å². The van der Waals surface area contributed by atoms with Crippen molar-refractivity contribution in [3.05, 3.63) is 92.9 Å². The third kappa shape index (κ3) is 5.24. The van der Waals surface area contributed by atoms with E-state index in [0.717, 1.165) is 12.0 Å². The highest BCUT2D eigenvalue weighted by Crippen LogP contribution is 2.20. The molecule has 0 saturated heterocycles. The molecule has 2 aromatic heterocycles. The van der Waals surface area contributed by atoms with Crippen LogP contribution in [0.2, 0.25) is 0 Å². The lowest BCUT2D eigenvalue weighted by molar-refractivity contribution is -0.127. The number of hydrogen-bond acceptors (Lipinski definition) is 5. The summed E-state index contributed by atoms with van der Waals surface area (Å²) in [6.07, 6.45) is 0.757. The van der Waals surface area contributed by atoms with Crippen molar-refractivity contribution >= 4 is 39.9 Å². The second-order valence-electron chi connectivity index (χ2n) is 7.22. The number of para-hydroxylation sites is 1. The number of nitrogens with zero attached hydrogens (tertiary/aromatic N) is 3. The molecule has 0 aliphatic rings. The van der Waals surface area contributed by atoms with Gasteiger partial charge >= 0.3 is 0 Å². The number of carbonyl (C=O) groups is 1. The smallest absolute Gasteiger partial charge is 0.262 e. The molecule has 0 unspecified atom stereocenters. The van der Waals surface area contributed by atoms with Crippen molar-refractivity contribution in [2.75, 3.05) is 12.8 Å². The van der Waals surface area contributed by atoms with Crippen LogP contribution in [0.15, 0.2) is 82.1 Å². The summed E-state index contributed by atoms with van der Waals surface area (Å²) in [7, 11) is 1.80. The monoisotopic (exact) mass is 449 g/mol. The van der Waals surface area contributed by atoms with Crippen LogP contribution in [0.3, 0.4) is 0 Å². The van der Waals surface area contributed by atoms with Gasteiger partial charge in [0, 0.05) is 25.0 Å². The van der Waals surface area contributed by atoms with E-state index in [0.29, 0.717) is 29.1 Å². The van der Waals surface area contributed by atoms with Gasteiger partial charge in [-0.2, -0.15) is 0 Å². The highest BCUT2D eigenvalue weighted by atomic mass is 32.2. The molecule has 0 spiro atoms. The maximum atomic E-state index is 13.1. The molecule has 1 amide bonds. The molecule has 7 heteroatoms. The molecule has 158 valence electrons. The molecule has 0 atom stereocenters. The third-order valence-corrected chi connectivity index (χ3v) is 6.90. The molecule has 2 heterocycles. The van der Waals surface area contributed by atoms with Crippen LogP contribution in [0, 0.1) is 0 Å². The predicted molar refractivity (Wildman–Crippen MR) is 128 cm³/mol. The van der Waals surface area contributed by atoms with Crippen molar-refractivity contribution < 1.29 is 4.79 Å². The summed E-state index contributed by atoms with van der Waals surface area (Å²) >= 11 is 3.00. The number of rotatable bonds is 8. The van der Waals surface area contributed by atoms with Gasteiger partial charge in [-0.1, -0.05) is 60.3 Å². The average Bonchev–Trinajstić information content (AvgIpc) is 3.31. The maximum absolute atomic E-state index is 13.1. The Morgan fingerprint density at radius 1 is 1.06 bits per heavy atom. The maximum Gasteiger partial charge on any atom is 0.262 e. The van der Waals surface area contributed by atoms with Gasteiger partial charge in [-0.25, -0.2) is 4.98 Å². The first-order valence-corrected chi connectivity index (χ1v) is 11.9. The van der Waals surface area contributed by atoms with Crippen LogP contribution >= 0.6 is 23.1 Å². The second kappa shape index (κ2) is 9.94. The van der Waals surface area contributed by atoms with E-state index in [-0.39, 0.29) is 17.2 Å². The number of carbonyl (C=O) groups excluding carboxylic acids is 1. The molecule has 4 aromatic rings. The van der Waals surface area contributed by atoms with Crippen molar-refractivity contribution in [2.24, 2.45) is 0 Å². The standard InChI is InChI=1S/C24H23N3O2S2/c1-26(16-18-8-3-2-4-9-18)22(28)17-31-24-25-21-12-6-5-11-20(21)23(29)27(24)14-13-19-10-7-15-30-19/h2-12,15H,13-14,16-17H2,1H3. The second-order valence-corrected chi connectivity index (χ2v) is 9.20. The van der Waals surface area contributed by atoms with Gasteiger partial charge in [0.25, 0.3) is 5.56 Å². The van der Waals surface area contributed by atoms with Crippen molar-refractivity contribution in [2.45, 2.75) is 24.7 Å². The molecule has 0 radical (unpaired) electrons. The molecule has 4 rings (SSSR count). The number of amides is 1. The zero-order valence-electron chi connectivity index (χ0n) is 17.2. The molecule has 2 aromatic carbocycles. The van der Waals surface area contributed by atoms with Crippen molar-refractivity contribution in [1.82, 2.24) is 14.5 Å². The number of aryl methyl sites for hydroxylation is 1. The van der Waals surface area contributed by atoms with Gasteiger partial charge in [0.05, 0.1) is 16.7 Å². The summed E-state index contributed by atoms with van der Waals surface area (Å²) < 4.78 is 1.71.